The molecule has 1 atom stereocenters. The number of amides is 1. The molecule has 5 heteroatoms. The highest BCUT2D eigenvalue weighted by atomic mass is 32.2. The van der Waals surface area contributed by atoms with Crippen LogP contribution in [-0.2, 0) is 4.79 Å². The Labute approximate surface area is 69.0 Å². The van der Waals surface area contributed by atoms with Gasteiger partial charge in [-0.1, -0.05) is 0 Å². The molecule has 0 radical (unpaired) electrons. The smallest absolute Gasteiger partial charge is 0.248 e. The minimum atomic E-state index is -0.160. The summed E-state index contributed by atoms with van der Waals surface area (Å²) in [6.45, 7) is -0.121. The number of aliphatic hydroxyl groups is 1. The monoisotopic (exact) mass is 174 g/mol. The highest BCUT2D eigenvalue weighted by Gasteiger charge is 2.15. The van der Waals surface area contributed by atoms with E-state index in [1.165, 1.54) is 17.8 Å². The Balaban J connectivity index is 2.61. The lowest BCUT2D eigenvalue weighted by Gasteiger charge is -2.23. The first-order chi connectivity index (χ1) is 5.26. The number of aliphatic hydroxyl groups excluding tert-OH is 1. The average Bonchev–Trinajstić information content (AvgIpc) is 2.03. The summed E-state index contributed by atoms with van der Waals surface area (Å²) in [5.74, 6) is -0.160. The fraction of sp³-hybridized carbons (Fsp3) is 0.500. The summed E-state index contributed by atoms with van der Waals surface area (Å²) in [4.78, 5) is 10.8. The predicted molar refractivity (Wildman–Crippen MR) is 43.8 cm³/mol. The second-order valence-corrected chi connectivity index (χ2v) is 3.04. The number of nitrogens with one attached hydrogen (secondary N) is 2. The number of rotatable bonds is 2. The molecule has 1 amide bonds. The first-order valence-electron chi connectivity index (χ1n) is 3.17. The molecule has 0 saturated heterocycles. The minimum absolute atomic E-state index is 0.116. The molecule has 0 aromatic carbocycles. The van der Waals surface area contributed by atoms with Crippen molar-refractivity contribution < 1.29 is 9.90 Å². The average molecular weight is 174 g/mol. The van der Waals surface area contributed by atoms with Gasteiger partial charge in [-0.15, -0.1) is 11.8 Å². The Morgan fingerprint density at radius 2 is 2.45 bits per heavy atom. The summed E-state index contributed by atoms with van der Waals surface area (Å²) in [6, 6.07) is 0. The van der Waals surface area contributed by atoms with Crippen molar-refractivity contribution in [2.75, 3.05) is 12.9 Å². The van der Waals surface area contributed by atoms with Crippen molar-refractivity contribution in [2.45, 2.75) is 5.50 Å². The van der Waals surface area contributed by atoms with Crippen LogP contribution in [0.1, 0.15) is 0 Å². The van der Waals surface area contributed by atoms with Gasteiger partial charge < -0.3 is 15.7 Å². The lowest BCUT2D eigenvalue weighted by Crippen LogP contribution is -2.46. The zero-order valence-electron chi connectivity index (χ0n) is 6.13. The Hall–Kier alpha value is -0.680. The third-order valence-electron chi connectivity index (χ3n) is 1.30. The molecule has 0 aromatic heterocycles. The third kappa shape index (κ3) is 2.13. The summed E-state index contributed by atoms with van der Waals surface area (Å²) in [5.41, 5.74) is 0.447. The van der Waals surface area contributed by atoms with Gasteiger partial charge in [-0.2, -0.15) is 0 Å². The molecular weight excluding hydrogens is 164 g/mol. The summed E-state index contributed by atoms with van der Waals surface area (Å²) >= 11 is 1.47. The number of hydrogen-bond donors (Lipinski definition) is 3. The fourth-order valence-electron chi connectivity index (χ4n) is 0.784. The maximum atomic E-state index is 10.8. The molecule has 0 bridgehead atoms. The summed E-state index contributed by atoms with van der Waals surface area (Å²) < 4.78 is 0. The van der Waals surface area contributed by atoms with Gasteiger partial charge in [-0.3, -0.25) is 4.79 Å². The Morgan fingerprint density at radius 3 is 3.00 bits per heavy atom. The van der Waals surface area contributed by atoms with E-state index in [-0.39, 0.29) is 18.0 Å². The minimum Gasteiger partial charge on any atom is -0.390 e. The lowest BCUT2D eigenvalue weighted by molar-refractivity contribution is -0.117. The van der Waals surface area contributed by atoms with Crippen LogP contribution in [-0.4, -0.2) is 29.4 Å². The van der Waals surface area contributed by atoms with E-state index in [9.17, 15) is 4.79 Å². The zero-order valence-corrected chi connectivity index (χ0v) is 6.94. The molecule has 0 aromatic rings. The van der Waals surface area contributed by atoms with Crippen LogP contribution in [0.4, 0.5) is 0 Å². The van der Waals surface area contributed by atoms with Gasteiger partial charge in [0.25, 0.3) is 0 Å². The predicted octanol–water partition coefficient (Wildman–Crippen LogP) is -0.771. The van der Waals surface area contributed by atoms with E-state index in [1.54, 1.807) is 0 Å². The van der Waals surface area contributed by atoms with Gasteiger partial charge >= 0.3 is 0 Å². The van der Waals surface area contributed by atoms with Gasteiger partial charge in [0, 0.05) is 11.8 Å². The van der Waals surface area contributed by atoms with E-state index < -0.39 is 0 Å². The molecule has 1 aliphatic heterocycles. The quantitative estimate of drug-likeness (QED) is 0.514. The van der Waals surface area contributed by atoms with Gasteiger partial charge in [0.05, 0.1) is 6.61 Å². The Bertz CT molecular complexity index is 193. The number of hydrogen-bond acceptors (Lipinski definition) is 4. The largest absolute Gasteiger partial charge is 0.390 e. The van der Waals surface area contributed by atoms with E-state index in [0.717, 1.165) is 0 Å². The van der Waals surface area contributed by atoms with Crippen molar-refractivity contribution in [1.82, 2.24) is 10.6 Å². The van der Waals surface area contributed by atoms with E-state index in [0.29, 0.717) is 5.70 Å². The first-order valence-corrected chi connectivity index (χ1v) is 4.46. The van der Waals surface area contributed by atoms with Gasteiger partial charge in [0.2, 0.25) is 5.91 Å². The topological polar surface area (TPSA) is 61.4 Å². The zero-order chi connectivity index (χ0) is 8.27. The normalized spacial score (nSPS) is 23.6. The molecular formula is C6H10N2O2S. The first kappa shape index (κ1) is 8.42. The third-order valence-corrected chi connectivity index (χ3v) is 2.01. The number of thioether (sulfide) groups is 1. The molecule has 4 nitrogen and oxygen atoms in total. The molecule has 1 rings (SSSR count). The van der Waals surface area contributed by atoms with Crippen LogP contribution < -0.4 is 10.6 Å². The van der Waals surface area contributed by atoms with Gasteiger partial charge in [-0.05, 0) is 6.26 Å². The highest BCUT2D eigenvalue weighted by Crippen LogP contribution is 2.05. The highest BCUT2D eigenvalue weighted by molar-refractivity contribution is 7.99. The van der Waals surface area contributed by atoms with Gasteiger partial charge in [-0.25, -0.2) is 0 Å². The van der Waals surface area contributed by atoms with Crippen LogP contribution in [0.2, 0.25) is 0 Å². The summed E-state index contributed by atoms with van der Waals surface area (Å²) in [5, 5.41) is 14.3. The van der Waals surface area contributed by atoms with E-state index in [2.05, 4.69) is 10.6 Å². The van der Waals surface area contributed by atoms with Crippen molar-refractivity contribution in [2.24, 2.45) is 0 Å². The van der Waals surface area contributed by atoms with Crippen LogP contribution >= 0.6 is 11.8 Å². The van der Waals surface area contributed by atoms with Crippen LogP contribution in [0.3, 0.4) is 0 Å². The molecule has 0 aliphatic carbocycles. The van der Waals surface area contributed by atoms with Crippen molar-refractivity contribution in [3.05, 3.63) is 11.8 Å². The van der Waals surface area contributed by atoms with Crippen LogP contribution in [0, 0.1) is 0 Å². The molecule has 0 fully saturated rings. The van der Waals surface area contributed by atoms with Crippen LogP contribution in [0.15, 0.2) is 11.8 Å². The maximum absolute atomic E-state index is 10.8. The number of carbonyl (C=O) groups is 1. The van der Waals surface area contributed by atoms with Crippen molar-refractivity contribution in [3.63, 3.8) is 0 Å². The SMILES string of the molecule is CSC1NC(=O)C=C(CO)N1. The standard InChI is InChI=1S/C6H10N2O2S/c1-11-6-7-4(3-9)2-5(10)8-6/h2,6-7,9H,3H2,1H3,(H,8,10). The van der Waals surface area contributed by atoms with Gasteiger partial charge in [0.1, 0.15) is 5.50 Å². The molecule has 62 valence electrons. The molecule has 1 unspecified atom stereocenters. The van der Waals surface area contributed by atoms with E-state index >= 15 is 0 Å². The molecule has 0 saturated carbocycles. The number of carbonyl (C=O) groups excluding carboxylic acids is 1. The van der Waals surface area contributed by atoms with E-state index in [4.69, 9.17) is 5.11 Å². The van der Waals surface area contributed by atoms with Crippen LogP contribution in [0.5, 0.6) is 0 Å². The fourth-order valence-corrected chi connectivity index (χ4v) is 1.29. The van der Waals surface area contributed by atoms with E-state index in [1.807, 2.05) is 6.26 Å². The molecule has 11 heavy (non-hydrogen) atoms. The van der Waals surface area contributed by atoms with Gasteiger partial charge in [0.15, 0.2) is 0 Å². The summed E-state index contributed by atoms with van der Waals surface area (Å²) in [7, 11) is 0. The Kier molecular flexibility index (Phi) is 2.78. The van der Waals surface area contributed by atoms with Crippen LogP contribution in [0.25, 0.3) is 0 Å². The molecule has 1 heterocycles. The van der Waals surface area contributed by atoms with Crippen molar-refractivity contribution in [3.8, 4) is 0 Å². The second-order valence-electron chi connectivity index (χ2n) is 2.10. The molecule has 1 aliphatic rings. The molecule has 3 N–H and O–H groups in total. The maximum Gasteiger partial charge on any atom is 0.248 e. The summed E-state index contributed by atoms with van der Waals surface area (Å²) in [6.07, 6.45) is 3.23. The second kappa shape index (κ2) is 3.64. The Morgan fingerprint density at radius 1 is 1.73 bits per heavy atom. The van der Waals surface area contributed by atoms with Crippen molar-refractivity contribution >= 4 is 17.7 Å². The van der Waals surface area contributed by atoms with Crippen molar-refractivity contribution in [1.29, 1.82) is 0 Å². The molecule has 0 spiro atoms. The lowest BCUT2D eigenvalue weighted by atomic mass is 10.3.